The van der Waals surface area contributed by atoms with Gasteiger partial charge in [-0.2, -0.15) is 0 Å². The first kappa shape index (κ1) is 16.5. The highest BCUT2D eigenvalue weighted by molar-refractivity contribution is 5.79. The Labute approximate surface area is 128 Å². The Bertz CT molecular complexity index is 317. The summed E-state index contributed by atoms with van der Waals surface area (Å²) < 4.78 is 5.75. The summed E-state index contributed by atoms with van der Waals surface area (Å²) in [6, 6.07) is 0. The molecule has 0 bridgehead atoms. The molecule has 6 heteroatoms. The number of nitrogens with one attached hydrogen (secondary N) is 2. The normalized spacial score (nSPS) is 25.8. The maximum absolute atomic E-state index is 5.75. The van der Waals surface area contributed by atoms with E-state index in [2.05, 4.69) is 32.5 Å². The van der Waals surface area contributed by atoms with E-state index < -0.39 is 0 Å². The number of guanidine groups is 1. The molecule has 2 saturated heterocycles. The quantitative estimate of drug-likeness (QED) is 0.551. The van der Waals surface area contributed by atoms with Crippen molar-refractivity contribution in [2.45, 2.75) is 25.4 Å². The molecule has 1 unspecified atom stereocenters. The lowest BCUT2D eigenvalue weighted by molar-refractivity contribution is -0.0161. The average Bonchev–Trinajstić information content (AvgIpc) is 2.52. The summed E-state index contributed by atoms with van der Waals surface area (Å²) >= 11 is 0. The third-order valence-electron chi connectivity index (χ3n) is 4.23. The first-order chi connectivity index (χ1) is 10.3. The first-order valence-corrected chi connectivity index (χ1v) is 8.25. The van der Waals surface area contributed by atoms with E-state index in [1.165, 1.54) is 32.4 Å². The van der Waals surface area contributed by atoms with Crippen LogP contribution >= 0.6 is 0 Å². The lowest BCUT2D eigenvalue weighted by atomic mass is 10.1. The van der Waals surface area contributed by atoms with Crippen LogP contribution in [0.15, 0.2) is 4.99 Å². The van der Waals surface area contributed by atoms with Gasteiger partial charge in [-0.1, -0.05) is 6.42 Å². The molecule has 2 aliphatic rings. The SMILES string of the molecule is CN=C(NCCN1CCCCC1)NCC1CN(C)CCO1. The summed E-state index contributed by atoms with van der Waals surface area (Å²) in [6.45, 7) is 8.19. The van der Waals surface area contributed by atoms with E-state index in [-0.39, 0.29) is 6.10 Å². The summed E-state index contributed by atoms with van der Waals surface area (Å²) in [5, 5.41) is 6.76. The van der Waals surface area contributed by atoms with Gasteiger partial charge in [-0.15, -0.1) is 0 Å². The lowest BCUT2D eigenvalue weighted by Crippen LogP contribution is -2.49. The number of piperidine rings is 1. The number of ether oxygens (including phenoxy) is 1. The molecule has 0 aromatic carbocycles. The van der Waals surface area contributed by atoms with Gasteiger partial charge >= 0.3 is 0 Å². The fraction of sp³-hybridized carbons (Fsp3) is 0.933. The molecule has 6 nitrogen and oxygen atoms in total. The second-order valence-electron chi connectivity index (χ2n) is 6.04. The molecule has 2 fully saturated rings. The zero-order chi connectivity index (χ0) is 14.9. The summed E-state index contributed by atoms with van der Waals surface area (Å²) in [4.78, 5) is 9.12. The molecule has 2 aliphatic heterocycles. The average molecular weight is 297 g/mol. The molecule has 0 aliphatic carbocycles. The maximum Gasteiger partial charge on any atom is 0.191 e. The van der Waals surface area contributed by atoms with E-state index in [0.29, 0.717) is 0 Å². The molecule has 0 saturated carbocycles. The van der Waals surface area contributed by atoms with Crippen LogP contribution in [0.25, 0.3) is 0 Å². The van der Waals surface area contributed by atoms with Gasteiger partial charge < -0.3 is 25.2 Å². The molecular formula is C15H31N5O. The molecule has 122 valence electrons. The molecule has 0 aromatic heterocycles. The van der Waals surface area contributed by atoms with Crippen LogP contribution in [0.4, 0.5) is 0 Å². The molecular weight excluding hydrogens is 266 g/mol. The second kappa shape index (κ2) is 9.23. The summed E-state index contributed by atoms with van der Waals surface area (Å²) in [7, 11) is 3.96. The molecule has 1 atom stereocenters. The highest BCUT2D eigenvalue weighted by Crippen LogP contribution is 2.07. The predicted octanol–water partition coefficient (Wildman–Crippen LogP) is -0.0321. The number of morpholine rings is 1. The van der Waals surface area contributed by atoms with Gasteiger partial charge in [-0.3, -0.25) is 4.99 Å². The lowest BCUT2D eigenvalue weighted by Gasteiger charge is -2.30. The fourth-order valence-corrected chi connectivity index (χ4v) is 2.94. The monoisotopic (exact) mass is 297 g/mol. The molecule has 0 spiro atoms. The van der Waals surface area contributed by atoms with Crippen molar-refractivity contribution in [3.63, 3.8) is 0 Å². The highest BCUT2D eigenvalue weighted by Gasteiger charge is 2.17. The molecule has 2 rings (SSSR count). The molecule has 0 amide bonds. The smallest absolute Gasteiger partial charge is 0.191 e. The number of hydrogen-bond acceptors (Lipinski definition) is 4. The van der Waals surface area contributed by atoms with E-state index in [0.717, 1.165) is 45.3 Å². The van der Waals surface area contributed by atoms with Gasteiger partial charge in [0.05, 0.1) is 12.7 Å². The van der Waals surface area contributed by atoms with Crippen LogP contribution in [-0.2, 0) is 4.74 Å². The topological polar surface area (TPSA) is 52.1 Å². The van der Waals surface area contributed by atoms with E-state index in [1.807, 2.05) is 7.05 Å². The summed E-state index contributed by atoms with van der Waals surface area (Å²) in [6.07, 6.45) is 4.34. The Morgan fingerprint density at radius 1 is 1.19 bits per heavy atom. The van der Waals surface area contributed by atoms with Crippen LogP contribution in [0.2, 0.25) is 0 Å². The van der Waals surface area contributed by atoms with E-state index >= 15 is 0 Å². The largest absolute Gasteiger partial charge is 0.374 e. The third kappa shape index (κ3) is 6.20. The van der Waals surface area contributed by atoms with E-state index in [4.69, 9.17) is 4.74 Å². The molecule has 2 heterocycles. The van der Waals surface area contributed by atoms with E-state index in [1.54, 1.807) is 0 Å². The van der Waals surface area contributed by atoms with Crippen LogP contribution in [0.3, 0.4) is 0 Å². The summed E-state index contributed by atoms with van der Waals surface area (Å²) in [5.74, 6) is 0.879. The number of likely N-dealkylation sites (N-methyl/N-ethyl adjacent to an activating group) is 1. The second-order valence-corrected chi connectivity index (χ2v) is 6.04. The van der Waals surface area contributed by atoms with Crippen LogP contribution < -0.4 is 10.6 Å². The Kier molecular flexibility index (Phi) is 7.26. The standard InChI is InChI=1S/C15H31N5O/c1-16-15(17-6-9-20-7-4-3-5-8-20)18-12-14-13-19(2)10-11-21-14/h14H,3-13H2,1-2H3,(H2,16,17,18). The van der Waals surface area contributed by atoms with Crippen molar-refractivity contribution in [1.82, 2.24) is 20.4 Å². The van der Waals surface area contributed by atoms with Gasteiger partial charge in [0, 0.05) is 39.8 Å². The number of likely N-dealkylation sites (tertiary alicyclic amines) is 1. The van der Waals surface area contributed by atoms with Crippen molar-refractivity contribution < 1.29 is 4.74 Å². The van der Waals surface area contributed by atoms with Crippen molar-refractivity contribution in [3.8, 4) is 0 Å². The maximum atomic E-state index is 5.75. The fourth-order valence-electron chi connectivity index (χ4n) is 2.94. The minimum absolute atomic E-state index is 0.254. The van der Waals surface area contributed by atoms with Gasteiger partial charge in [0.15, 0.2) is 5.96 Å². The Hall–Kier alpha value is -0.850. The van der Waals surface area contributed by atoms with Crippen molar-refractivity contribution in [3.05, 3.63) is 0 Å². The minimum Gasteiger partial charge on any atom is -0.374 e. The van der Waals surface area contributed by atoms with Crippen molar-refractivity contribution in [2.24, 2.45) is 4.99 Å². The Balaban J connectivity index is 1.59. The predicted molar refractivity (Wildman–Crippen MR) is 86.9 cm³/mol. The van der Waals surface area contributed by atoms with Crippen LogP contribution in [-0.4, -0.2) is 88.4 Å². The Morgan fingerprint density at radius 3 is 2.71 bits per heavy atom. The van der Waals surface area contributed by atoms with Crippen LogP contribution in [0.5, 0.6) is 0 Å². The summed E-state index contributed by atoms with van der Waals surface area (Å²) in [5.41, 5.74) is 0. The van der Waals surface area contributed by atoms with Gasteiger partial charge in [-0.25, -0.2) is 0 Å². The highest BCUT2D eigenvalue weighted by atomic mass is 16.5. The van der Waals surface area contributed by atoms with Crippen molar-refractivity contribution >= 4 is 5.96 Å². The minimum atomic E-state index is 0.254. The molecule has 0 aromatic rings. The molecule has 21 heavy (non-hydrogen) atoms. The zero-order valence-corrected chi connectivity index (χ0v) is 13.6. The van der Waals surface area contributed by atoms with Crippen molar-refractivity contribution in [1.29, 1.82) is 0 Å². The van der Waals surface area contributed by atoms with Gasteiger partial charge in [-0.05, 0) is 33.0 Å². The number of rotatable bonds is 5. The van der Waals surface area contributed by atoms with E-state index in [9.17, 15) is 0 Å². The molecule has 2 N–H and O–H groups in total. The van der Waals surface area contributed by atoms with Crippen LogP contribution in [0, 0.1) is 0 Å². The van der Waals surface area contributed by atoms with Gasteiger partial charge in [0.1, 0.15) is 0 Å². The van der Waals surface area contributed by atoms with Crippen molar-refractivity contribution in [2.75, 3.05) is 66.5 Å². The first-order valence-electron chi connectivity index (χ1n) is 8.25. The zero-order valence-electron chi connectivity index (χ0n) is 13.6. The number of hydrogen-bond donors (Lipinski definition) is 2. The van der Waals surface area contributed by atoms with Gasteiger partial charge in [0.2, 0.25) is 0 Å². The van der Waals surface area contributed by atoms with Gasteiger partial charge in [0.25, 0.3) is 0 Å². The number of nitrogens with zero attached hydrogens (tertiary/aromatic N) is 3. The number of aliphatic imine (C=N–C) groups is 1. The Morgan fingerprint density at radius 2 is 2.00 bits per heavy atom. The van der Waals surface area contributed by atoms with Crippen LogP contribution in [0.1, 0.15) is 19.3 Å². The third-order valence-corrected chi connectivity index (χ3v) is 4.23. The molecule has 0 radical (unpaired) electrons.